The van der Waals surface area contributed by atoms with E-state index in [4.69, 9.17) is 6.11 Å². The molecule has 4 nitrogen and oxygen atoms in total. The minimum absolute atomic E-state index is 0.0211. The number of benzene rings is 3. The van der Waals surface area contributed by atoms with Gasteiger partial charge in [-0.05, 0) is 73.0 Å². The van der Waals surface area contributed by atoms with E-state index in [0.717, 1.165) is 35.4 Å². The van der Waals surface area contributed by atoms with Crippen LogP contribution in [0, 0.1) is 0 Å². The minimum atomic E-state index is -0.388. The van der Waals surface area contributed by atoms with Crippen molar-refractivity contribution >= 4 is 22.9 Å². The molecule has 0 spiro atoms. The summed E-state index contributed by atoms with van der Waals surface area (Å²) in [5.74, 6) is 0.739. The first-order chi connectivity index (χ1) is 16.4. The van der Waals surface area contributed by atoms with E-state index in [9.17, 15) is 10.2 Å². The predicted molar refractivity (Wildman–Crippen MR) is 135 cm³/mol. The fraction of sp³-hybridized carbons (Fsp3) is 0.286. The Balaban J connectivity index is 1.47. The molecule has 170 valence electrons. The zero-order valence-corrected chi connectivity index (χ0v) is 19.7. The van der Waals surface area contributed by atoms with Gasteiger partial charge in [0.05, 0.1) is 1.37 Å². The molecule has 0 saturated carbocycles. The first kappa shape index (κ1) is 20.7. The highest BCUT2D eigenvalue weighted by molar-refractivity contribution is 8.00. The van der Waals surface area contributed by atoms with Gasteiger partial charge in [-0.25, -0.2) is 0 Å². The molecule has 33 heavy (non-hydrogen) atoms. The first-order valence-electron chi connectivity index (χ1n) is 11.9. The summed E-state index contributed by atoms with van der Waals surface area (Å²) in [6.45, 7) is 7.69. The average Bonchev–Trinajstić information content (AvgIpc) is 2.78. The van der Waals surface area contributed by atoms with E-state index in [1.165, 1.54) is 23.9 Å². The molecule has 1 saturated heterocycles. The molecule has 1 unspecified atom stereocenters. The van der Waals surface area contributed by atoms with Gasteiger partial charge in [-0.2, -0.15) is 0 Å². The second-order valence-corrected chi connectivity index (χ2v) is 10.1. The van der Waals surface area contributed by atoms with E-state index >= 15 is 0 Å². The summed E-state index contributed by atoms with van der Waals surface area (Å²) in [6.07, 6.45) is 0.813. The lowest BCUT2D eigenvalue weighted by Crippen LogP contribution is -2.48. The SMILES string of the molecule is [2H]c1cc(O)cc2c1C(C)=C(c1ccc(O)cc1)C(c1ccc(SC3CN(CCC)C3)cc1)O2. The standard InChI is InChI=1S/C28H29NO3S/c1-3-14-29-16-24(17-29)33-23-11-6-20(7-12-23)28-27(19-4-8-21(30)9-5-19)18(2)25-13-10-22(31)15-26(25)32-28/h4-13,15,24,28,30-31H,3,14,16-17H2,1-2H3/i13D. The van der Waals surface area contributed by atoms with E-state index in [2.05, 4.69) is 36.1 Å². The van der Waals surface area contributed by atoms with Crippen molar-refractivity contribution in [2.45, 2.75) is 36.5 Å². The van der Waals surface area contributed by atoms with Crippen LogP contribution < -0.4 is 4.74 Å². The number of aromatic hydroxyl groups is 2. The van der Waals surface area contributed by atoms with E-state index < -0.39 is 0 Å². The van der Waals surface area contributed by atoms with Gasteiger partial charge in [-0.15, -0.1) is 11.8 Å². The molecule has 1 atom stereocenters. The highest BCUT2D eigenvalue weighted by atomic mass is 32.2. The highest BCUT2D eigenvalue weighted by Crippen LogP contribution is 2.47. The van der Waals surface area contributed by atoms with Gasteiger partial charge in [0, 0.05) is 40.4 Å². The van der Waals surface area contributed by atoms with E-state index in [-0.39, 0.29) is 23.6 Å². The maximum absolute atomic E-state index is 10.1. The van der Waals surface area contributed by atoms with Crippen LogP contribution in [0.2, 0.25) is 0 Å². The number of hydrogen-bond acceptors (Lipinski definition) is 5. The van der Waals surface area contributed by atoms with Gasteiger partial charge in [0.25, 0.3) is 0 Å². The molecule has 2 N–H and O–H groups in total. The van der Waals surface area contributed by atoms with Gasteiger partial charge in [0.1, 0.15) is 23.4 Å². The van der Waals surface area contributed by atoms with Gasteiger partial charge in [0.2, 0.25) is 0 Å². The molecule has 5 rings (SSSR count). The third-order valence-corrected chi connectivity index (χ3v) is 7.48. The van der Waals surface area contributed by atoms with Crippen molar-refractivity contribution in [1.82, 2.24) is 4.90 Å². The summed E-state index contributed by atoms with van der Waals surface area (Å²) < 4.78 is 14.8. The lowest BCUT2D eigenvalue weighted by atomic mass is 9.86. The molecule has 1 fully saturated rings. The molecule has 2 aliphatic heterocycles. The normalized spacial score (nSPS) is 19.0. The van der Waals surface area contributed by atoms with Gasteiger partial charge < -0.3 is 19.8 Å². The number of hydrogen-bond donors (Lipinski definition) is 2. The number of allylic oxidation sites excluding steroid dienone is 1. The maximum atomic E-state index is 10.1. The number of nitrogens with zero attached hydrogens (tertiary/aromatic N) is 1. The van der Waals surface area contributed by atoms with Crippen molar-refractivity contribution in [2.75, 3.05) is 19.6 Å². The largest absolute Gasteiger partial charge is 0.508 e. The molecule has 0 aliphatic carbocycles. The molecule has 0 bridgehead atoms. The zero-order chi connectivity index (χ0) is 23.8. The van der Waals surface area contributed by atoms with E-state index in [1.807, 2.05) is 30.8 Å². The maximum Gasteiger partial charge on any atom is 0.150 e. The zero-order valence-electron chi connectivity index (χ0n) is 19.9. The Bertz CT molecular complexity index is 1220. The van der Waals surface area contributed by atoms with Gasteiger partial charge >= 0.3 is 0 Å². The first-order valence-corrected chi connectivity index (χ1v) is 12.3. The number of likely N-dealkylation sites (tertiary alicyclic amines) is 1. The van der Waals surface area contributed by atoms with Crippen molar-refractivity contribution in [3.8, 4) is 17.2 Å². The Morgan fingerprint density at radius 2 is 1.76 bits per heavy atom. The second-order valence-electron chi connectivity index (χ2n) is 8.75. The van der Waals surface area contributed by atoms with Gasteiger partial charge in [-0.3, -0.25) is 0 Å². The number of fused-ring (bicyclic) bond motifs is 1. The number of phenols is 2. The van der Waals surface area contributed by atoms with E-state index in [1.54, 1.807) is 18.2 Å². The molecule has 5 heteroatoms. The van der Waals surface area contributed by atoms with Crippen LogP contribution in [0.5, 0.6) is 17.2 Å². The minimum Gasteiger partial charge on any atom is -0.508 e. The summed E-state index contributed by atoms with van der Waals surface area (Å²) in [6, 6.07) is 18.9. The fourth-order valence-corrected chi connectivity index (χ4v) is 5.87. The summed E-state index contributed by atoms with van der Waals surface area (Å²) in [7, 11) is 0. The van der Waals surface area contributed by atoms with Crippen molar-refractivity contribution < 1.29 is 16.3 Å². The molecule has 0 amide bonds. The third kappa shape index (κ3) is 4.48. The molecule has 3 aromatic rings. The predicted octanol–water partition coefficient (Wildman–Crippen LogP) is 6.35. The Hall–Kier alpha value is -2.89. The smallest absolute Gasteiger partial charge is 0.150 e. The Labute approximate surface area is 200 Å². The van der Waals surface area contributed by atoms with Crippen LogP contribution in [0.4, 0.5) is 0 Å². The molecule has 2 heterocycles. The fourth-order valence-electron chi connectivity index (χ4n) is 4.62. The topological polar surface area (TPSA) is 52.9 Å². The van der Waals surface area contributed by atoms with Crippen LogP contribution in [-0.4, -0.2) is 40.0 Å². The third-order valence-electron chi connectivity index (χ3n) is 6.30. The van der Waals surface area contributed by atoms with Crippen LogP contribution in [0.3, 0.4) is 0 Å². The van der Waals surface area contributed by atoms with Crippen LogP contribution >= 0.6 is 11.8 Å². The lowest BCUT2D eigenvalue weighted by molar-refractivity contribution is 0.191. The Morgan fingerprint density at radius 3 is 2.45 bits per heavy atom. The number of phenolic OH excluding ortho intramolecular Hbond substituents is 2. The van der Waals surface area contributed by atoms with Crippen LogP contribution in [0.15, 0.2) is 71.6 Å². The Morgan fingerprint density at radius 1 is 1.03 bits per heavy atom. The lowest BCUT2D eigenvalue weighted by Gasteiger charge is -2.38. The summed E-state index contributed by atoms with van der Waals surface area (Å²) in [4.78, 5) is 3.74. The number of ether oxygens (including phenoxy) is 1. The quantitative estimate of drug-likeness (QED) is 0.449. The van der Waals surface area contributed by atoms with Crippen molar-refractivity contribution in [3.05, 3.63) is 83.4 Å². The summed E-state index contributed by atoms with van der Waals surface area (Å²) in [5.41, 5.74) is 4.52. The molecule has 0 radical (unpaired) electrons. The summed E-state index contributed by atoms with van der Waals surface area (Å²) in [5, 5.41) is 20.5. The van der Waals surface area contributed by atoms with Gasteiger partial charge in [-0.1, -0.05) is 31.2 Å². The van der Waals surface area contributed by atoms with Crippen LogP contribution in [0.25, 0.3) is 11.1 Å². The molecular formula is C28H29NO3S. The molecule has 0 aromatic heterocycles. The second kappa shape index (κ2) is 9.16. The van der Waals surface area contributed by atoms with Crippen molar-refractivity contribution in [3.63, 3.8) is 0 Å². The van der Waals surface area contributed by atoms with Crippen molar-refractivity contribution in [2.24, 2.45) is 0 Å². The number of rotatable bonds is 6. The van der Waals surface area contributed by atoms with Gasteiger partial charge in [0.15, 0.2) is 0 Å². The molecule has 2 aliphatic rings. The van der Waals surface area contributed by atoms with Crippen molar-refractivity contribution in [1.29, 1.82) is 0 Å². The monoisotopic (exact) mass is 460 g/mol. The van der Waals surface area contributed by atoms with Crippen LogP contribution in [-0.2, 0) is 0 Å². The number of thioether (sulfide) groups is 1. The molecule has 3 aromatic carbocycles. The average molecular weight is 461 g/mol. The summed E-state index contributed by atoms with van der Waals surface area (Å²) >= 11 is 1.93. The Kier molecular flexibility index (Phi) is 5.75. The highest BCUT2D eigenvalue weighted by Gasteiger charge is 2.30. The van der Waals surface area contributed by atoms with E-state index in [0.29, 0.717) is 16.6 Å². The van der Waals surface area contributed by atoms with Crippen LogP contribution in [0.1, 0.15) is 44.4 Å². The molecular weight excluding hydrogens is 430 g/mol.